The lowest BCUT2D eigenvalue weighted by Gasteiger charge is -2.00. The first-order chi connectivity index (χ1) is 6.77. The van der Waals surface area contributed by atoms with Crippen LogP contribution < -0.4 is 5.32 Å². The first kappa shape index (κ1) is 13.1. The highest BCUT2D eigenvalue weighted by molar-refractivity contribution is 5.66. The Hall–Kier alpha value is -0.900. The predicted octanol–water partition coefficient (Wildman–Crippen LogP) is 1.20. The van der Waals surface area contributed by atoms with Crippen molar-refractivity contribution in [3.8, 4) is 0 Å². The molecule has 0 aliphatic heterocycles. The second-order valence-corrected chi connectivity index (χ2v) is 3.28. The van der Waals surface area contributed by atoms with E-state index < -0.39 is 5.97 Å². The fraction of sp³-hybridized carbons (Fsp3) is 0.800. The van der Waals surface area contributed by atoms with Crippen molar-refractivity contribution in [2.45, 2.75) is 38.5 Å². The SMILES string of the molecule is O=CCNCCCCCCCC(=O)O. The van der Waals surface area contributed by atoms with Gasteiger partial charge in [0.05, 0.1) is 6.54 Å². The van der Waals surface area contributed by atoms with E-state index in [1.807, 2.05) is 0 Å². The molecule has 0 spiro atoms. The zero-order valence-electron chi connectivity index (χ0n) is 8.50. The number of rotatable bonds is 10. The third kappa shape index (κ3) is 11.1. The minimum absolute atomic E-state index is 0.281. The molecule has 0 atom stereocenters. The zero-order chi connectivity index (χ0) is 10.6. The molecule has 0 aromatic heterocycles. The quantitative estimate of drug-likeness (QED) is 0.411. The molecule has 0 radical (unpaired) electrons. The number of carbonyl (C=O) groups is 2. The van der Waals surface area contributed by atoms with E-state index in [-0.39, 0.29) is 6.42 Å². The van der Waals surface area contributed by atoms with Crippen LogP contribution in [0.5, 0.6) is 0 Å². The van der Waals surface area contributed by atoms with E-state index in [9.17, 15) is 9.59 Å². The summed E-state index contributed by atoms with van der Waals surface area (Å²) >= 11 is 0. The van der Waals surface area contributed by atoms with E-state index in [0.29, 0.717) is 6.54 Å². The lowest BCUT2D eigenvalue weighted by Crippen LogP contribution is -2.17. The van der Waals surface area contributed by atoms with Gasteiger partial charge in [-0.25, -0.2) is 0 Å². The minimum Gasteiger partial charge on any atom is -0.481 e. The summed E-state index contributed by atoms with van der Waals surface area (Å²) in [5, 5.41) is 11.4. The van der Waals surface area contributed by atoms with Gasteiger partial charge in [0, 0.05) is 6.42 Å². The summed E-state index contributed by atoms with van der Waals surface area (Å²) in [6, 6.07) is 0. The average molecular weight is 201 g/mol. The molecule has 0 heterocycles. The number of carboxylic acids is 1. The second-order valence-electron chi connectivity index (χ2n) is 3.28. The number of nitrogens with one attached hydrogen (secondary N) is 1. The maximum absolute atomic E-state index is 10.2. The molecule has 0 unspecified atom stereocenters. The van der Waals surface area contributed by atoms with Crippen LogP contribution in [0.4, 0.5) is 0 Å². The molecule has 82 valence electrons. The number of hydrogen-bond acceptors (Lipinski definition) is 3. The molecular formula is C10H19NO3. The van der Waals surface area contributed by atoms with E-state index in [2.05, 4.69) is 5.32 Å². The van der Waals surface area contributed by atoms with Gasteiger partial charge in [0.2, 0.25) is 0 Å². The van der Waals surface area contributed by atoms with Gasteiger partial charge in [-0.3, -0.25) is 4.79 Å². The number of hydrogen-bond donors (Lipinski definition) is 2. The molecule has 4 nitrogen and oxygen atoms in total. The first-order valence-corrected chi connectivity index (χ1v) is 5.13. The van der Waals surface area contributed by atoms with Crippen LogP contribution in [-0.2, 0) is 9.59 Å². The molecule has 0 aliphatic carbocycles. The van der Waals surface area contributed by atoms with Gasteiger partial charge in [-0.05, 0) is 19.4 Å². The Morgan fingerprint density at radius 3 is 2.43 bits per heavy atom. The molecule has 0 aliphatic rings. The molecule has 2 N–H and O–H groups in total. The zero-order valence-corrected chi connectivity index (χ0v) is 8.50. The average Bonchev–Trinajstić information content (AvgIpc) is 2.15. The molecule has 0 saturated heterocycles. The molecular weight excluding hydrogens is 182 g/mol. The summed E-state index contributed by atoms with van der Waals surface area (Å²) in [5.74, 6) is -0.711. The van der Waals surface area contributed by atoms with Crippen LogP contribution in [0.25, 0.3) is 0 Å². The Morgan fingerprint density at radius 1 is 1.14 bits per heavy atom. The van der Waals surface area contributed by atoms with Gasteiger partial charge >= 0.3 is 5.97 Å². The standard InChI is InChI=1S/C10H19NO3/c12-9-8-11-7-5-3-1-2-4-6-10(13)14/h9,11H,1-8H2,(H,13,14). The molecule has 0 rings (SSSR count). The number of carboxylic acid groups (broad SMARTS) is 1. The maximum Gasteiger partial charge on any atom is 0.303 e. The van der Waals surface area contributed by atoms with Crippen LogP contribution in [0.15, 0.2) is 0 Å². The number of aliphatic carboxylic acids is 1. The van der Waals surface area contributed by atoms with Crippen LogP contribution in [0.2, 0.25) is 0 Å². The van der Waals surface area contributed by atoms with E-state index in [4.69, 9.17) is 5.11 Å². The Balaban J connectivity index is 2.92. The maximum atomic E-state index is 10.2. The summed E-state index contributed by atoms with van der Waals surface area (Å²) in [6.45, 7) is 1.30. The van der Waals surface area contributed by atoms with Gasteiger partial charge in [0.1, 0.15) is 6.29 Å². The highest BCUT2D eigenvalue weighted by Crippen LogP contribution is 2.04. The Morgan fingerprint density at radius 2 is 1.79 bits per heavy atom. The smallest absolute Gasteiger partial charge is 0.303 e. The number of unbranched alkanes of at least 4 members (excludes halogenated alkanes) is 4. The fourth-order valence-corrected chi connectivity index (χ4v) is 1.22. The monoisotopic (exact) mass is 201 g/mol. The van der Waals surface area contributed by atoms with E-state index >= 15 is 0 Å². The van der Waals surface area contributed by atoms with Crippen molar-refractivity contribution in [3.63, 3.8) is 0 Å². The molecule has 0 fully saturated rings. The summed E-state index contributed by atoms with van der Waals surface area (Å²) in [6.07, 6.45) is 6.13. The molecule has 14 heavy (non-hydrogen) atoms. The van der Waals surface area contributed by atoms with Crippen LogP contribution >= 0.6 is 0 Å². The van der Waals surface area contributed by atoms with Crippen molar-refractivity contribution in [3.05, 3.63) is 0 Å². The molecule has 0 aromatic carbocycles. The van der Waals surface area contributed by atoms with E-state index in [1.165, 1.54) is 0 Å². The fourth-order valence-electron chi connectivity index (χ4n) is 1.22. The highest BCUT2D eigenvalue weighted by atomic mass is 16.4. The lowest BCUT2D eigenvalue weighted by atomic mass is 10.1. The van der Waals surface area contributed by atoms with Gasteiger partial charge in [-0.15, -0.1) is 0 Å². The largest absolute Gasteiger partial charge is 0.481 e. The van der Waals surface area contributed by atoms with E-state index in [1.54, 1.807) is 0 Å². The van der Waals surface area contributed by atoms with Crippen LogP contribution in [-0.4, -0.2) is 30.5 Å². The van der Waals surface area contributed by atoms with Gasteiger partial charge in [-0.2, -0.15) is 0 Å². The summed E-state index contributed by atoms with van der Waals surface area (Å²) < 4.78 is 0. The van der Waals surface area contributed by atoms with Gasteiger partial charge in [-0.1, -0.05) is 19.3 Å². The Kier molecular flexibility index (Phi) is 9.53. The second kappa shape index (κ2) is 10.2. The van der Waals surface area contributed by atoms with Crippen LogP contribution in [0.1, 0.15) is 38.5 Å². The normalized spacial score (nSPS) is 10.0. The molecule has 0 amide bonds. The first-order valence-electron chi connectivity index (χ1n) is 5.13. The van der Waals surface area contributed by atoms with Crippen molar-refractivity contribution < 1.29 is 14.7 Å². The van der Waals surface area contributed by atoms with Crippen LogP contribution in [0, 0.1) is 0 Å². The van der Waals surface area contributed by atoms with Crippen LogP contribution in [0.3, 0.4) is 0 Å². The predicted molar refractivity (Wildman–Crippen MR) is 54.3 cm³/mol. The van der Waals surface area contributed by atoms with Gasteiger partial charge < -0.3 is 15.2 Å². The van der Waals surface area contributed by atoms with Crippen molar-refractivity contribution in [2.75, 3.05) is 13.1 Å². The van der Waals surface area contributed by atoms with Crippen molar-refractivity contribution in [1.82, 2.24) is 5.32 Å². The van der Waals surface area contributed by atoms with Crippen molar-refractivity contribution in [2.24, 2.45) is 0 Å². The third-order valence-electron chi connectivity index (χ3n) is 1.97. The summed E-state index contributed by atoms with van der Waals surface area (Å²) in [5.41, 5.74) is 0. The van der Waals surface area contributed by atoms with Gasteiger partial charge in [0.25, 0.3) is 0 Å². The van der Waals surface area contributed by atoms with Crippen molar-refractivity contribution in [1.29, 1.82) is 0 Å². The number of carbonyl (C=O) groups excluding carboxylic acids is 1. The minimum atomic E-state index is -0.711. The summed E-state index contributed by atoms with van der Waals surface area (Å²) in [7, 11) is 0. The molecule has 4 heteroatoms. The number of aldehydes is 1. The molecule has 0 aromatic rings. The molecule has 0 saturated carbocycles. The van der Waals surface area contributed by atoms with Crippen molar-refractivity contribution >= 4 is 12.3 Å². The highest BCUT2D eigenvalue weighted by Gasteiger charge is 1.95. The van der Waals surface area contributed by atoms with Gasteiger partial charge in [0.15, 0.2) is 0 Å². The van der Waals surface area contributed by atoms with E-state index in [0.717, 1.165) is 44.9 Å². The Bertz CT molecular complexity index is 159. The Labute approximate surface area is 84.7 Å². The topological polar surface area (TPSA) is 66.4 Å². The summed E-state index contributed by atoms with van der Waals surface area (Å²) in [4.78, 5) is 20.1. The third-order valence-corrected chi connectivity index (χ3v) is 1.97. The lowest BCUT2D eigenvalue weighted by molar-refractivity contribution is -0.137. The molecule has 0 bridgehead atoms.